The highest BCUT2D eigenvalue weighted by Gasteiger charge is 2.21. The molecule has 1 unspecified atom stereocenters. The maximum absolute atomic E-state index is 10.8. The van der Waals surface area contributed by atoms with Gasteiger partial charge in [0.2, 0.25) is 0 Å². The summed E-state index contributed by atoms with van der Waals surface area (Å²) in [5, 5.41) is -0.737. The summed E-state index contributed by atoms with van der Waals surface area (Å²) in [6.07, 6.45) is 0. The molecular weight excluding hydrogens is 168 g/mol. The highest BCUT2D eigenvalue weighted by molar-refractivity contribution is 6.30. The zero-order chi connectivity index (χ0) is 9.02. The normalized spacial score (nSPS) is 12.8. The standard InChI is InChI=1S/C7H11ClO3/c1-4(2)6(8)7(10)11-5(3)9/h4,6H,1-3H3. The van der Waals surface area contributed by atoms with E-state index >= 15 is 0 Å². The molecule has 0 heterocycles. The number of hydrogen-bond acceptors (Lipinski definition) is 3. The molecule has 0 saturated carbocycles. The lowest BCUT2D eigenvalue weighted by Crippen LogP contribution is -2.24. The zero-order valence-corrected chi connectivity index (χ0v) is 7.51. The molecule has 0 saturated heterocycles. The Hall–Kier alpha value is -0.570. The van der Waals surface area contributed by atoms with Crippen LogP contribution in [0.25, 0.3) is 0 Å². The van der Waals surface area contributed by atoms with Crippen molar-refractivity contribution < 1.29 is 14.3 Å². The van der Waals surface area contributed by atoms with Gasteiger partial charge in [0, 0.05) is 6.92 Å². The van der Waals surface area contributed by atoms with Crippen LogP contribution >= 0.6 is 11.6 Å². The van der Waals surface area contributed by atoms with E-state index in [0.717, 1.165) is 0 Å². The molecule has 0 aliphatic rings. The first-order valence-corrected chi connectivity index (χ1v) is 3.75. The monoisotopic (exact) mass is 178 g/mol. The maximum Gasteiger partial charge on any atom is 0.331 e. The van der Waals surface area contributed by atoms with Gasteiger partial charge in [-0.05, 0) is 5.92 Å². The van der Waals surface area contributed by atoms with Crippen molar-refractivity contribution in [1.82, 2.24) is 0 Å². The summed E-state index contributed by atoms with van der Waals surface area (Å²) in [5.41, 5.74) is 0. The van der Waals surface area contributed by atoms with E-state index < -0.39 is 17.3 Å². The lowest BCUT2D eigenvalue weighted by molar-refractivity contribution is -0.158. The van der Waals surface area contributed by atoms with Gasteiger partial charge in [-0.2, -0.15) is 0 Å². The van der Waals surface area contributed by atoms with E-state index in [1.165, 1.54) is 6.92 Å². The molecule has 0 aliphatic carbocycles. The molecule has 4 heteroatoms. The quantitative estimate of drug-likeness (QED) is 0.364. The SMILES string of the molecule is CC(=O)OC(=O)C(Cl)C(C)C. The van der Waals surface area contributed by atoms with Gasteiger partial charge in [0.1, 0.15) is 5.38 Å². The summed E-state index contributed by atoms with van der Waals surface area (Å²) in [7, 11) is 0. The second kappa shape index (κ2) is 4.34. The molecule has 0 aromatic heterocycles. The molecule has 0 spiro atoms. The third-order valence-corrected chi connectivity index (χ3v) is 1.74. The van der Waals surface area contributed by atoms with Crippen LogP contribution in [0.4, 0.5) is 0 Å². The fourth-order valence-electron chi connectivity index (χ4n) is 0.470. The number of carbonyl (C=O) groups is 2. The van der Waals surface area contributed by atoms with Gasteiger partial charge in [-0.25, -0.2) is 4.79 Å². The summed E-state index contributed by atoms with van der Waals surface area (Å²) in [4.78, 5) is 21.1. The van der Waals surface area contributed by atoms with Gasteiger partial charge in [0.05, 0.1) is 0 Å². The molecule has 0 N–H and O–H groups in total. The van der Waals surface area contributed by atoms with Crippen LogP contribution in [0, 0.1) is 5.92 Å². The minimum absolute atomic E-state index is 0.0245. The maximum atomic E-state index is 10.8. The number of alkyl halides is 1. The fraction of sp³-hybridized carbons (Fsp3) is 0.714. The summed E-state index contributed by atoms with van der Waals surface area (Å²) < 4.78 is 4.26. The van der Waals surface area contributed by atoms with Crippen molar-refractivity contribution in [2.24, 2.45) is 5.92 Å². The van der Waals surface area contributed by atoms with Crippen molar-refractivity contribution in [3.05, 3.63) is 0 Å². The van der Waals surface area contributed by atoms with Crippen LogP contribution < -0.4 is 0 Å². The average Bonchev–Trinajstić information content (AvgIpc) is 1.84. The Morgan fingerprint density at radius 2 is 1.82 bits per heavy atom. The molecule has 0 rings (SSSR count). The molecule has 0 aromatic carbocycles. The van der Waals surface area contributed by atoms with Crippen molar-refractivity contribution in [3.8, 4) is 0 Å². The molecule has 64 valence electrons. The van der Waals surface area contributed by atoms with Crippen molar-refractivity contribution in [2.75, 3.05) is 0 Å². The number of carbonyl (C=O) groups excluding carboxylic acids is 2. The number of hydrogen-bond donors (Lipinski definition) is 0. The van der Waals surface area contributed by atoms with E-state index in [9.17, 15) is 9.59 Å². The molecule has 0 amide bonds. The minimum Gasteiger partial charge on any atom is -0.392 e. The topological polar surface area (TPSA) is 43.4 Å². The minimum atomic E-state index is -0.737. The highest BCUT2D eigenvalue weighted by Crippen LogP contribution is 2.10. The van der Waals surface area contributed by atoms with Crippen LogP contribution in [0.15, 0.2) is 0 Å². The number of ether oxygens (including phenoxy) is 1. The van der Waals surface area contributed by atoms with Gasteiger partial charge < -0.3 is 4.74 Å². The van der Waals surface area contributed by atoms with E-state index in [4.69, 9.17) is 11.6 Å². The van der Waals surface area contributed by atoms with Crippen LogP contribution in [-0.2, 0) is 14.3 Å². The van der Waals surface area contributed by atoms with Gasteiger partial charge in [0.15, 0.2) is 0 Å². The predicted octanol–water partition coefficient (Wildman–Crippen LogP) is 1.34. The average molecular weight is 179 g/mol. The van der Waals surface area contributed by atoms with Gasteiger partial charge >= 0.3 is 11.9 Å². The Morgan fingerprint density at radius 3 is 2.09 bits per heavy atom. The molecule has 11 heavy (non-hydrogen) atoms. The first-order chi connectivity index (χ1) is 4.95. The van der Waals surface area contributed by atoms with Crippen LogP contribution in [0.1, 0.15) is 20.8 Å². The van der Waals surface area contributed by atoms with E-state index in [0.29, 0.717) is 0 Å². The number of halogens is 1. The van der Waals surface area contributed by atoms with Gasteiger partial charge in [-0.1, -0.05) is 13.8 Å². The summed E-state index contributed by atoms with van der Waals surface area (Å²) in [6, 6.07) is 0. The Balaban J connectivity index is 3.93. The first kappa shape index (κ1) is 10.4. The number of rotatable bonds is 2. The van der Waals surface area contributed by atoms with Crippen LogP contribution in [0.3, 0.4) is 0 Å². The van der Waals surface area contributed by atoms with E-state index in [1.807, 2.05) is 0 Å². The first-order valence-electron chi connectivity index (χ1n) is 3.31. The van der Waals surface area contributed by atoms with E-state index in [-0.39, 0.29) is 5.92 Å². The largest absolute Gasteiger partial charge is 0.392 e. The molecule has 0 bridgehead atoms. The predicted molar refractivity (Wildman–Crippen MR) is 41.3 cm³/mol. The molecule has 3 nitrogen and oxygen atoms in total. The number of esters is 2. The van der Waals surface area contributed by atoms with Gasteiger partial charge in [0.25, 0.3) is 0 Å². The van der Waals surface area contributed by atoms with Crippen LogP contribution in [0.2, 0.25) is 0 Å². The van der Waals surface area contributed by atoms with Gasteiger partial charge in [-0.15, -0.1) is 11.6 Å². The molecule has 0 radical (unpaired) electrons. The summed E-state index contributed by atoms with van der Waals surface area (Å²) in [5.74, 6) is -1.32. The van der Waals surface area contributed by atoms with E-state index in [2.05, 4.69) is 4.74 Å². The van der Waals surface area contributed by atoms with Crippen molar-refractivity contribution in [1.29, 1.82) is 0 Å². The Morgan fingerprint density at radius 1 is 1.36 bits per heavy atom. The van der Waals surface area contributed by atoms with Crippen LogP contribution in [0.5, 0.6) is 0 Å². The smallest absolute Gasteiger partial charge is 0.331 e. The van der Waals surface area contributed by atoms with Crippen molar-refractivity contribution in [2.45, 2.75) is 26.1 Å². The molecule has 0 aliphatic heterocycles. The van der Waals surface area contributed by atoms with Gasteiger partial charge in [-0.3, -0.25) is 4.79 Å². The summed E-state index contributed by atoms with van der Waals surface area (Å²) >= 11 is 5.58. The van der Waals surface area contributed by atoms with Crippen molar-refractivity contribution in [3.63, 3.8) is 0 Å². The van der Waals surface area contributed by atoms with Crippen molar-refractivity contribution >= 4 is 23.5 Å². The zero-order valence-electron chi connectivity index (χ0n) is 6.76. The molecular formula is C7H11ClO3. The molecule has 0 aromatic rings. The third kappa shape index (κ3) is 3.98. The van der Waals surface area contributed by atoms with E-state index in [1.54, 1.807) is 13.8 Å². The Kier molecular flexibility index (Phi) is 4.11. The summed E-state index contributed by atoms with van der Waals surface area (Å²) in [6.45, 7) is 4.72. The fourth-order valence-corrected chi connectivity index (χ4v) is 0.515. The Bertz CT molecular complexity index is 165. The molecule has 1 atom stereocenters. The second-order valence-corrected chi connectivity index (χ2v) is 3.03. The lowest BCUT2D eigenvalue weighted by atomic mass is 10.1. The Labute approximate surface area is 70.7 Å². The molecule has 0 fully saturated rings. The second-order valence-electron chi connectivity index (χ2n) is 2.56. The highest BCUT2D eigenvalue weighted by atomic mass is 35.5. The lowest BCUT2D eigenvalue weighted by Gasteiger charge is -2.09. The third-order valence-electron chi connectivity index (χ3n) is 1.05. The van der Waals surface area contributed by atoms with Crippen LogP contribution in [-0.4, -0.2) is 17.3 Å².